The summed E-state index contributed by atoms with van der Waals surface area (Å²) in [6.45, 7) is 1.85. The minimum absolute atomic E-state index is 0.133. The number of hydrogen-bond donors (Lipinski definition) is 2. The molecule has 0 fully saturated rings. The third-order valence-corrected chi connectivity index (χ3v) is 3.74. The van der Waals surface area contributed by atoms with Crippen LogP contribution in [0.2, 0.25) is 0 Å². The number of hydrogen-bond acceptors (Lipinski definition) is 4. The molecule has 0 bridgehead atoms. The van der Waals surface area contributed by atoms with Crippen LogP contribution in [-0.2, 0) is 12.6 Å². The van der Waals surface area contributed by atoms with Crippen molar-refractivity contribution in [2.75, 3.05) is 0 Å². The Kier molecular flexibility index (Phi) is 4.42. The number of halogens is 3. The fourth-order valence-electron chi connectivity index (χ4n) is 2.03. The van der Waals surface area contributed by atoms with Gasteiger partial charge in [-0.05, 0) is 18.6 Å². The van der Waals surface area contributed by atoms with Crippen molar-refractivity contribution in [1.82, 2.24) is 10.4 Å². The van der Waals surface area contributed by atoms with Gasteiger partial charge in [-0.25, -0.2) is 4.98 Å². The molecule has 0 saturated heterocycles. The van der Waals surface area contributed by atoms with E-state index in [1.165, 1.54) is 23.5 Å². The molecule has 20 heavy (non-hydrogen) atoms. The molecule has 108 valence electrons. The molecule has 1 heterocycles. The molecule has 0 saturated carbocycles. The highest BCUT2D eigenvalue weighted by Crippen LogP contribution is 2.35. The Labute approximate surface area is 118 Å². The molecule has 1 unspecified atom stereocenters. The zero-order valence-electron chi connectivity index (χ0n) is 10.7. The van der Waals surface area contributed by atoms with Crippen molar-refractivity contribution < 1.29 is 13.2 Å². The van der Waals surface area contributed by atoms with Crippen LogP contribution in [0.3, 0.4) is 0 Å². The first kappa shape index (κ1) is 15.0. The number of alkyl halides is 3. The highest BCUT2D eigenvalue weighted by Gasteiger charge is 2.34. The Morgan fingerprint density at radius 1 is 1.35 bits per heavy atom. The first-order valence-electron chi connectivity index (χ1n) is 5.95. The summed E-state index contributed by atoms with van der Waals surface area (Å²) < 4.78 is 39.0. The maximum Gasteiger partial charge on any atom is 0.416 e. The maximum atomic E-state index is 13.0. The van der Waals surface area contributed by atoms with Gasteiger partial charge in [-0.1, -0.05) is 18.2 Å². The van der Waals surface area contributed by atoms with Crippen LogP contribution in [0, 0.1) is 6.92 Å². The molecule has 0 aliphatic carbocycles. The van der Waals surface area contributed by atoms with E-state index < -0.39 is 17.8 Å². The molecule has 3 N–H and O–H groups in total. The van der Waals surface area contributed by atoms with Gasteiger partial charge < -0.3 is 0 Å². The van der Waals surface area contributed by atoms with Crippen LogP contribution in [-0.4, -0.2) is 4.98 Å². The summed E-state index contributed by atoms with van der Waals surface area (Å²) in [5.74, 6) is 5.43. The lowest BCUT2D eigenvalue weighted by Gasteiger charge is -2.20. The van der Waals surface area contributed by atoms with Crippen molar-refractivity contribution >= 4 is 11.3 Å². The van der Waals surface area contributed by atoms with Gasteiger partial charge in [0.05, 0.1) is 22.3 Å². The van der Waals surface area contributed by atoms with E-state index in [4.69, 9.17) is 5.84 Å². The molecule has 2 aromatic rings. The molecule has 1 aromatic heterocycles. The van der Waals surface area contributed by atoms with Crippen LogP contribution in [0.1, 0.15) is 27.9 Å². The number of thiazole rings is 1. The van der Waals surface area contributed by atoms with Gasteiger partial charge in [0.1, 0.15) is 0 Å². The minimum Gasteiger partial charge on any atom is -0.271 e. The van der Waals surface area contributed by atoms with Gasteiger partial charge in [-0.15, -0.1) is 11.3 Å². The Morgan fingerprint density at radius 2 is 2.05 bits per heavy atom. The number of nitrogens with one attached hydrogen (secondary N) is 1. The number of nitrogens with two attached hydrogens (primary N) is 1. The highest BCUT2D eigenvalue weighted by molar-refractivity contribution is 7.09. The number of benzene rings is 1. The number of nitrogens with zero attached hydrogens (tertiary/aromatic N) is 1. The Balaban J connectivity index is 2.32. The Bertz CT molecular complexity index is 580. The van der Waals surface area contributed by atoms with E-state index in [0.717, 1.165) is 16.8 Å². The standard InChI is InChI=1S/C13H14F3N3S/c1-8-18-9(7-20-8)6-12(19-17)10-4-2-3-5-11(10)13(14,15)16/h2-5,7,12,19H,6,17H2,1H3. The number of aryl methyl sites for hydroxylation is 1. The number of aromatic nitrogens is 1. The molecule has 1 aromatic carbocycles. The molecule has 0 radical (unpaired) electrons. The summed E-state index contributed by atoms with van der Waals surface area (Å²) >= 11 is 1.46. The quantitative estimate of drug-likeness (QED) is 0.673. The lowest BCUT2D eigenvalue weighted by molar-refractivity contribution is -0.138. The molecule has 0 aliphatic heterocycles. The van der Waals surface area contributed by atoms with Gasteiger partial charge in [0, 0.05) is 11.8 Å². The van der Waals surface area contributed by atoms with Crippen molar-refractivity contribution in [3.8, 4) is 0 Å². The van der Waals surface area contributed by atoms with E-state index in [1.54, 1.807) is 6.07 Å². The van der Waals surface area contributed by atoms with Crippen molar-refractivity contribution in [3.05, 3.63) is 51.5 Å². The summed E-state index contributed by atoms with van der Waals surface area (Å²) in [5, 5.41) is 2.70. The van der Waals surface area contributed by atoms with Crippen molar-refractivity contribution in [2.45, 2.75) is 25.6 Å². The highest BCUT2D eigenvalue weighted by atomic mass is 32.1. The van der Waals surface area contributed by atoms with Crippen LogP contribution < -0.4 is 11.3 Å². The van der Waals surface area contributed by atoms with Crippen LogP contribution in [0.4, 0.5) is 13.2 Å². The van der Waals surface area contributed by atoms with Crippen molar-refractivity contribution in [3.63, 3.8) is 0 Å². The lowest BCUT2D eigenvalue weighted by atomic mass is 9.97. The van der Waals surface area contributed by atoms with E-state index in [9.17, 15) is 13.2 Å². The third kappa shape index (κ3) is 3.36. The molecule has 0 spiro atoms. The summed E-state index contributed by atoms with van der Waals surface area (Å²) in [6, 6.07) is 4.81. The van der Waals surface area contributed by atoms with E-state index in [-0.39, 0.29) is 5.56 Å². The average molecular weight is 301 g/mol. The summed E-state index contributed by atoms with van der Waals surface area (Å²) in [4.78, 5) is 4.26. The van der Waals surface area contributed by atoms with E-state index in [1.807, 2.05) is 12.3 Å². The van der Waals surface area contributed by atoms with Gasteiger partial charge in [-0.3, -0.25) is 11.3 Å². The molecule has 0 amide bonds. The first-order chi connectivity index (χ1) is 9.41. The van der Waals surface area contributed by atoms with Gasteiger partial charge in [0.25, 0.3) is 0 Å². The van der Waals surface area contributed by atoms with E-state index in [2.05, 4.69) is 10.4 Å². The smallest absolute Gasteiger partial charge is 0.271 e. The molecule has 3 nitrogen and oxygen atoms in total. The van der Waals surface area contributed by atoms with Gasteiger partial charge >= 0.3 is 6.18 Å². The van der Waals surface area contributed by atoms with Crippen molar-refractivity contribution in [1.29, 1.82) is 0 Å². The fraction of sp³-hybridized carbons (Fsp3) is 0.308. The first-order valence-corrected chi connectivity index (χ1v) is 6.83. The van der Waals surface area contributed by atoms with Gasteiger partial charge in [0.2, 0.25) is 0 Å². The zero-order chi connectivity index (χ0) is 14.8. The molecular formula is C13H14F3N3S. The summed E-state index contributed by atoms with van der Waals surface area (Å²) in [5.41, 5.74) is 2.64. The van der Waals surface area contributed by atoms with Crippen molar-refractivity contribution in [2.24, 2.45) is 5.84 Å². The van der Waals surface area contributed by atoms with Gasteiger partial charge in [0.15, 0.2) is 0 Å². The molecule has 2 rings (SSSR count). The average Bonchev–Trinajstić information content (AvgIpc) is 2.80. The SMILES string of the molecule is Cc1nc(CC(NN)c2ccccc2C(F)(F)F)cs1. The lowest BCUT2D eigenvalue weighted by Crippen LogP contribution is -2.31. The number of rotatable bonds is 4. The van der Waals surface area contributed by atoms with Crippen LogP contribution in [0.15, 0.2) is 29.6 Å². The van der Waals surface area contributed by atoms with Crippen LogP contribution in [0.25, 0.3) is 0 Å². The largest absolute Gasteiger partial charge is 0.416 e. The van der Waals surface area contributed by atoms with Crippen LogP contribution >= 0.6 is 11.3 Å². The topological polar surface area (TPSA) is 50.9 Å². The second kappa shape index (κ2) is 5.90. The van der Waals surface area contributed by atoms with E-state index >= 15 is 0 Å². The van der Waals surface area contributed by atoms with Crippen LogP contribution in [0.5, 0.6) is 0 Å². The number of hydrazine groups is 1. The second-order valence-corrected chi connectivity index (χ2v) is 5.43. The zero-order valence-corrected chi connectivity index (χ0v) is 11.6. The molecule has 7 heteroatoms. The minimum atomic E-state index is -4.40. The molecule has 1 atom stereocenters. The predicted molar refractivity (Wildman–Crippen MR) is 72.1 cm³/mol. The fourth-order valence-corrected chi connectivity index (χ4v) is 2.65. The summed E-state index contributed by atoms with van der Waals surface area (Å²) in [7, 11) is 0. The Morgan fingerprint density at radius 3 is 2.60 bits per heavy atom. The molecular weight excluding hydrogens is 287 g/mol. The summed E-state index contributed by atoms with van der Waals surface area (Å²) in [6.07, 6.45) is -4.09. The van der Waals surface area contributed by atoms with Gasteiger partial charge in [-0.2, -0.15) is 13.2 Å². The predicted octanol–water partition coefficient (Wildman–Crippen LogP) is 3.22. The second-order valence-electron chi connectivity index (χ2n) is 4.37. The normalized spacial score (nSPS) is 13.4. The third-order valence-electron chi connectivity index (χ3n) is 2.92. The Hall–Kier alpha value is -1.44. The maximum absolute atomic E-state index is 13.0. The molecule has 0 aliphatic rings. The monoisotopic (exact) mass is 301 g/mol. The van der Waals surface area contributed by atoms with E-state index in [0.29, 0.717) is 6.42 Å².